The van der Waals surface area contributed by atoms with Crippen LogP contribution in [0.3, 0.4) is 0 Å². The Bertz CT molecular complexity index is 1120. The fraction of sp³-hybridized carbons (Fsp3) is 0.688. The molecule has 1 saturated heterocycles. The van der Waals surface area contributed by atoms with Gasteiger partial charge in [0.2, 0.25) is 0 Å². The smallest absolute Gasteiger partial charge is 0.321 e. The Kier molecular flexibility index (Phi) is 15.8. The molecule has 0 bridgehead atoms. The van der Waals surface area contributed by atoms with Crippen molar-refractivity contribution in [1.82, 2.24) is 19.6 Å². The number of nitrogens with zero attached hydrogens (tertiary/aromatic N) is 4. The van der Waals surface area contributed by atoms with Gasteiger partial charge < -0.3 is 10.0 Å². The summed E-state index contributed by atoms with van der Waals surface area (Å²) in [4.78, 5) is 17.0. The fourth-order valence-electron chi connectivity index (χ4n) is 7.64. The van der Waals surface area contributed by atoms with Gasteiger partial charge in [0.05, 0.1) is 5.69 Å². The minimum absolute atomic E-state index is 0. The molecule has 1 aliphatic heterocycles. The molecule has 0 spiro atoms. The molecule has 6 nitrogen and oxygen atoms in total. The third-order valence-corrected chi connectivity index (χ3v) is 9.46. The van der Waals surface area contributed by atoms with Crippen LogP contribution in [0.25, 0.3) is 0 Å². The van der Waals surface area contributed by atoms with Crippen molar-refractivity contribution in [3.05, 3.63) is 52.6 Å². The second-order valence-electron chi connectivity index (χ2n) is 12.1. The number of carboxylic acid groups (broad SMARTS) is 1. The summed E-state index contributed by atoms with van der Waals surface area (Å²) in [5.41, 5.74) is 5.09. The van der Waals surface area contributed by atoms with E-state index in [1.165, 1.54) is 23.0 Å². The van der Waals surface area contributed by atoms with E-state index in [4.69, 9.17) is 5.10 Å². The minimum atomic E-state index is -0.743. The van der Waals surface area contributed by atoms with Gasteiger partial charge in [0, 0.05) is 30.7 Å². The highest BCUT2D eigenvalue weighted by Crippen LogP contribution is 2.44. The molecular weight excluding hydrogens is 598 g/mol. The first-order valence-electron chi connectivity index (χ1n) is 15.2. The zero-order valence-electron chi connectivity index (χ0n) is 26.1. The van der Waals surface area contributed by atoms with Crippen molar-refractivity contribution < 1.29 is 14.3 Å². The van der Waals surface area contributed by atoms with E-state index in [-0.39, 0.29) is 60.9 Å². The highest BCUT2D eigenvalue weighted by Gasteiger charge is 2.42. The number of hydrogen-bond donors (Lipinski definition) is 1. The summed E-state index contributed by atoms with van der Waals surface area (Å²) in [7, 11) is 0. The number of aliphatic carboxylic acids is 1. The molecule has 1 aromatic carbocycles. The molecule has 10 heteroatoms. The molecule has 1 saturated carbocycles. The summed E-state index contributed by atoms with van der Waals surface area (Å²) < 4.78 is 16.5. The van der Waals surface area contributed by atoms with E-state index < -0.39 is 12.0 Å². The van der Waals surface area contributed by atoms with Gasteiger partial charge in [-0.25, -0.2) is 4.39 Å². The maximum Gasteiger partial charge on any atom is 0.321 e. The van der Waals surface area contributed by atoms with Gasteiger partial charge in [-0.15, -0.1) is 37.2 Å². The monoisotopic (exact) mass is 648 g/mol. The van der Waals surface area contributed by atoms with Gasteiger partial charge in [-0.3, -0.25) is 14.4 Å². The van der Waals surface area contributed by atoms with Gasteiger partial charge in [-0.1, -0.05) is 39.8 Å². The van der Waals surface area contributed by atoms with Crippen LogP contribution in [0.2, 0.25) is 0 Å². The predicted octanol–water partition coefficient (Wildman–Crippen LogP) is 7.35. The molecule has 2 aliphatic rings. The van der Waals surface area contributed by atoms with Crippen LogP contribution in [0.1, 0.15) is 94.7 Å². The van der Waals surface area contributed by atoms with Crippen LogP contribution in [0, 0.1) is 24.6 Å². The van der Waals surface area contributed by atoms with Crippen molar-refractivity contribution in [3.8, 4) is 0 Å². The zero-order chi connectivity index (χ0) is 28.3. The van der Waals surface area contributed by atoms with Crippen LogP contribution in [-0.2, 0) is 17.8 Å². The van der Waals surface area contributed by atoms with Crippen LogP contribution in [0.15, 0.2) is 24.3 Å². The van der Waals surface area contributed by atoms with Gasteiger partial charge in [-0.2, -0.15) is 5.10 Å². The van der Waals surface area contributed by atoms with E-state index in [2.05, 4.69) is 48.2 Å². The Morgan fingerprint density at radius 3 is 2.31 bits per heavy atom. The number of benzene rings is 1. The summed E-state index contributed by atoms with van der Waals surface area (Å²) in [5.74, 6) is 0.243. The predicted molar refractivity (Wildman–Crippen MR) is 176 cm³/mol. The summed E-state index contributed by atoms with van der Waals surface area (Å²) in [6, 6.07) is 6.77. The standard InChI is InChI=1S/C32H49FN4O2.3ClH/c1-7-29-22(6)31(37(9-3)34-29)23-13-15-35(16-14-23)20-25-18-27(36(8-2)30(21(4)5)32(38)39)19-28(25)24-11-10-12-26(33)17-24;;;/h10-12,17,21,23,25,27-28,30H,7-9,13-16,18-20H2,1-6H3,(H,38,39);3*1H/t25?,27?,28?,30-;;;/m1.../s1. The van der Waals surface area contributed by atoms with Crippen molar-refractivity contribution in [2.75, 3.05) is 26.2 Å². The zero-order valence-corrected chi connectivity index (χ0v) is 28.5. The van der Waals surface area contributed by atoms with Crippen molar-refractivity contribution in [2.24, 2.45) is 11.8 Å². The van der Waals surface area contributed by atoms with Gasteiger partial charge in [-0.05, 0) is 107 Å². The lowest BCUT2D eigenvalue weighted by molar-refractivity contribution is -0.146. The molecule has 2 heterocycles. The largest absolute Gasteiger partial charge is 0.480 e. The first-order chi connectivity index (χ1) is 18.7. The van der Waals surface area contributed by atoms with Crippen LogP contribution in [-0.4, -0.2) is 68.9 Å². The second-order valence-corrected chi connectivity index (χ2v) is 12.1. The number of hydrogen-bond acceptors (Lipinski definition) is 4. The summed E-state index contributed by atoms with van der Waals surface area (Å²) in [6.07, 6.45) is 5.07. The average Bonchev–Trinajstić information content (AvgIpc) is 3.47. The number of halogens is 4. The van der Waals surface area contributed by atoms with Crippen LogP contribution in [0.5, 0.6) is 0 Å². The van der Waals surface area contributed by atoms with Gasteiger partial charge >= 0.3 is 5.97 Å². The third kappa shape index (κ3) is 8.41. The number of rotatable bonds is 11. The van der Waals surface area contributed by atoms with E-state index >= 15 is 0 Å². The number of aromatic nitrogens is 2. The first kappa shape index (κ1) is 38.6. The molecular formula is C32H52Cl3FN4O2. The highest BCUT2D eigenvalue weighted by atomic mass is 35.5. The van der Waals surface area contributed by atoms with E-state index in [1.54, 1.807) is 6.07 Å². The number of piperidine rings is 1. The molecule has 0 amide bonds. The van der Waals surface area contributed by atoms with E-state index in [1.807, 2.05) is 19.9 Å². The second kappa shape index (κ2) is 17.2. The van der Waals surface area contributed by atoms with E-state index in [0.717, 1.165) is 63.8 Å². The molecule has 1 aromatic heterocycles. The normalized spacial score (nSPS) is 22.0. The average molecular weight is 650 g/mol. The lowest BCUT2D eigenvalue weighted by Gasteiger charge is -2.36. The van der Waals surface area contributed by atoms with Gasteiger partial charge in [0.25, 0.3) is 0 Å². The van der Waals surface area contributed by atoms with Crippen molar-refractivity contribution >= 4 is 43.2 Å². The van der Waals surface area contributed by atoms with Crippen LogP contribution < -0.4 is 0 Å². The molecule has 2 aromatic rings. The van der Waals surface area contributed by atoms with Crippen LogP contribution in [0.4, 0.5) is 4.39 Å². The summed E-state index contributed by atoms with van der Waals surface area (Å²) >= 11 is 0. The Hall–Kier alpha value is -1.38. The quantitative estimate of drug-likeness (QED) is 0.276. The lowest BCUT2D eigenvalue weighted by Crippen LogP contribution is -2.49. The van der Waals surface area contributed by atoms with Crippen molar-refractivity contribution in [2.45, 2.75) is 104 Å². The number of likely N-dealkylation sites (N-methyl/N-ethyl adjacent to an activating group) is 1. The Morgan fingerprint density at radius 2 is 1.79 bits per heavy atom. The number of likely N-dealkylation sites (tertiary alicyclic amines) is 1. The Labute approximate surface area is 271 Å². The number of carbonyl (C=O) groups is 1. The first-order valence-corrected chi connectivity index (χ1v) is 15.2. The summed E-state index contributed by atoms with van der Waals surface area (Å²) in [6.45, 7) is 17.4. The molecule has 1 N–H and O–H groups in total. The molecule has 4 rings (SSSR count). The molecule has 1 aliphatic carbocycles. The van der Waals surface area contributed by atoms with E-state index in [0.29, 0.717) is 18.4 Å². The third-order valence-electron chi connectivity index (χ3n) is 9.46. The van der Waals surface area contributed by atoms with E-state index in [9.17, 15) is 14.3 Å². The molecule has 2 fully saturated rings. The molecule has 3 unspecified atom stereocenters. The molecule has 0 radical (unpaired) electrons. The highest BCUT2D eigenvalue weighted by molar-refractivity contribution is 5.86. The number of carboxylic acids is 1. The molecule has 42 heavy (non-hydrogen) atoms. The number of aryl methyl sites for hydroxylation is 2. The maximum atomic E-state index is 14.3. The summed E-state index contributed by atoms with van der Waals surface area (Å²) in [5, 5.41) is 14.9. The van der Waals surface area contributed by atoms with Gasteiger partial charge in [0.15, 0.2) is 0 Å². The SMILES string of the molecule is CCc1nn(CC)c(C2CCN(CC3CC(N(CC)[C@@H](C(=O)O)C(C)C)CC3c3cccc(F)c3)CC2)c1C.Cl.Cl.Cl. The Balaban J connectivity index is 0.00000294. The van der Waals surface area contributed by atoms with Crippen molar-refractivity contribution in [1.29, 1.82) is 0 Å². The maximum absolute atomic E-state index is 14.3. The Morgan fingerprint density at radius 1 is 1.12 bits per heavy atom. The molecule has 4 atom stereocenters. The molecule has 240 valence electrons. The fourth-order valence-corrected chi connectivity index (χ4v) is 7.64. The van der Waals surface area contributed by atoms with Crippen LogP contribution >= 0.6 is 37.2 Å². The van der Waals surface area contributed by atoms with Gasteiger partial charge in [0.1, 0.15) is 11.9 Å². The minimum Gasteiger partial charge on any atom is -0.480 e. The van der Waals surface area contributed by atoms with Crippen molar-refractivity contribution in [3.63, 3.8) is 0 Å². The lowest BCUT2D eigenvalue weighted by atomic mass is 9.86. The topological polar surface area (TPSA) is 61.6 Å².